The van der Waals surface area contributed by atoms with Crippen molar-refractivity contribution in [1.29, 1.82) is 0 Å². The number of halogens is 3. The van der Waals surface area contributed by atoms with Gasteiger partial charge in [-0.25, -0.2) is 0 Å². The summed E-state index contributed by atoms with van der Waals surface area (Å²) >= 11 is 0. The van der Waals surface area contributed by atoms with E-state index in [-0.39, 0.29) is 18.9 Å². The van der Waals surface area contributed by atoms with E-state index in [0.717, 1.165) is 12.1 Å². The average Bonchev–Trinajstić information content (AvgIpc) is 2.23. The second-order valence-corrected chi connectivity index (χ2v) is 4.63. The molecular formula is C12H12F3NO2. The first-order chi connectivity index (χ1) is 8.25. The summed E-state index contributed by atoms with van der Waals surface area (Å²) in [7, 11) is 0. The largest absolute Gasteiger partial charge is 0.481 e. The molecular weight excluding hydrogens is 247 g/mol. The molecule has 0 bridgehead atoms. The molecule has 0 aliphatic heterocycles. The second-order valence-electron chi connectivity index (χ2n) is 4.63. The average molecular weight is 259 g/mol. The Morgan fingerprint density at radius 2 is 1.78 bits per heavy atom. The first kappa shape index (κ1) is 12.9. The summed E-state index contributed by atoms with van der Waals surface area (Å²) < 4.78 is 37.2. The minimum atomic E-state index is -4.41. The predicted molar refractivity (Wildman–Crippen MR) is 58.0 cm³/mol. The SMILES string of the molecule is NC1CC(C(=O)O)(c2ccc(C(F)(F)F)cc2)C1. The molecule has 98 valence electrons. The third kappa shape index (κ3) is 1.96. The molecule has 2 rings (SSSR count). The van der Waals surface area contributed by atoms with Crippen molar-refractivity contribution in [3.8, 4) is 0 Å². The van der Waals surface area contributed by atoms with Crippen LogP contribution in [0.25, 0.3) is 0 Å². The molecule has 1 aromatic carbocycles. The molecule has 1 aliphatic rings. The highest BCUT2D eigenvalue weighted by Crippen LogP contribution is 2.44. The number of aliphatic carboxylic acids is 1. The number of alkyl halides is 3. The van der Waals surface area contributed by atoms with Gasteiger partial charge >= 0.3 is 12.1 Å². The van der Waals surface area contributed by atoms with E-state index >= 15 is 0 Å². The molecule has 0 amide bonds. The van der Waals surface area contributed by atoms with E-state index in [2.05, 4.69) is 0 Å². The molecule has 3 nitrogen and oxygen atoms in total. The van der Waals surface area contributed by atoms with Gasteiger partial charge in [-0.3, -0.25) is 4.79 Å². The van der Waals surface area contributed by atoms with E-state index < -0.39 is 23.1 Å². The van der Waals surface area contributed by atoms with Crippen LogP contribution >= 0.6 is 0 Å². The van der Waals surface area contributed by atoms with Crippen LogP contribution in [-0.2, 0) is 16.4 Å². The molecule has 1 aromatic rings. The van der Waals surface area contributed by atoms with Crippen LogP contribution in [0.4, 0.5) is 13.2 Å². The van der Waals surface area contributed by atoms with E-state index in [0.29, 0.717) is 5.56 Å². The van der Waals surface area contributed by atoms with Crippen molar-refractivity contribution < 1.29 is 23.1 Å². The van der Waals surface area contributed by atoms with Gasteiger partial charge in [0, 0.05) is 6.04 Å². The first-order valence-electron chi connectivity index (χ1n) is 5.42. The van der Waals surface area contributed by atoms with Crippen molar-refractivity contribution >= 4 is 5.97 Å². The van der Waals surface area contributed by atoms with Crippen LogP contribution in [0.5, 0.6) is 0 Å². The van der Waals surface area contributed by atoms with Gasteiger partial charge in [-0.2, -0.15) is 13.2 Å². The highest BCUT2D eigenvalue weighted by molar-refractivity contribution is 5.83. The Hall–Kier alpha value is -1.56. The summed E-state index contributed by atoms with van der Waals surface area (Å²) in [6, 6.07) is 4.06. The van der Waals surface area contributed by atoms with Crippen molar-refractivity contribution in [3.63, 3.8) is 0 Å². The van der Waals surface area contributed by atoms with Crippen LogP contribution in [0, 0.1) is 0 Å². The highest BCUT2D eigenvalue weighted by atomic mass is 19.4. The second kappa shape index (κ2) is 3.98. The predicted octanol–water partition coefficient (Wildman–Crippen LogP) is 2.15. The summed E-state index contributed by atoms with van der Waals surface area (Å²) in [5.41, 5.74) is 4.06. The molecule has 1 aliphatic carbocycles. The Labute approximate surface area is 101 Å². The number of nitrogens with two attached hydrogens (primary N) is 1. The normalized spacial score (nSPS) is 27.7. The Balaban J connectivity index is 2.32. The summed E-state index contributed by atoms with van der Waals surface area (Å²) in [5.74, 6) is -1.04. The van der Waals surface area contributed by atoms with E-state index in [1.54, 1.807) is 0 Å². The number of rotatable bonds is 2. The molecule has 0 heterocycles. The quantitative estimate of drug-likeness (QED) is 0.855. The fraction of sp³-hybridized carbons (Fsp3) is 0.417. The topological polar surface area (TPSA) is 63.3 Å². The Morgan fingerprint density at radius 3 is 2.11 bits per heavy atom. The molecule has 0 spiro atoms. The lowest BCUT2D eigenvalue weighted by Gasteiger charge is -2.43. The van der Waals surface area contributed by atoms with Crippen molar-refractivity contribution in [2.75, 3.05) is 0 Å². The fourth-order valence-electron chi connectivity index (χ4n) is 2.35. The molecule has 1 saturated carbocycles. The zero-order valence-electron chi connectivity index (χ0n) is 9.37. The Bertz CT molecular complexity index is 461. The maximum Gasteiger partial charge on any atom is 0.416 e. The zero-order valence-corrected chi connectivity index (χ0v) is 9.37. The van der Waals surface area contributed by atoms with Crippen LogP contribution in [0.3, 0.4) is 0 Å². The van der Waals surface area contributed by atoms with Gasteiger partial charge in [-0.15, -0.1) is 0 Å². The summed E-state index contributed by atoms with van der Waals surface area (Å²) in [4.78, 5) is 11.3. The smallest absolute Gasteiger partial charge is 0.416 e. The number of carboxylic acid groups (broad SMARTS) is 1. The third-order valence-corrected chi connectivity index (χ3v) is 3.40. The van der Waals surface area contributed by atoms with Gasteiger partial charge in [-0.05, 0) is 30.5 Å². The van der Waals surface area contributed by atoms with E-state index in [9.17, 15) is 23.1 Å². The van der Waals surface area contributed by atoms with Gasteiger partial charge in [0.15, 0.2) is 0 Å². The van der Waals surface area contributed by atoms with E-state index in [1.807, 2.05) is 0 Å². The molecule has 18 heavy (non-hydrogen) atoms. The van der Waals surface area contributed by atoms with Gasteiger partial charge < -0.3 is 10.8 Å². The molecule has 3 N–H and O–H groups in total. The molecule has 0 radical (unpaired) electrons. The number of hydrogen-bond donors (Lipinski definition) is 2. The van der Waals surface area contributed by atoms with Crippen LogP contribution in [0.2, 0.25) is 0 Å². The molecule has 1 fully saturated rings. The summed E-state index contributed by atoms with van der Waals surface area (Å²) in [6.07, 6.45) is -3.90. The third-order valence-electron chi connectivity index (χ3n) is 3.40. The van der Waals surface area contributed by atoms with Gasteiger partial charge in [-0.1, -0.05) is 12.1 Å². The highest BCUT2D eigenvalue weighted by Gasteiger charge is 2.50. The monoisotopic (exact) mass is 259 g/mol. The van der Waals surface area contributed by atoms with Crippen molar-refractivity contribution in [2.24, 2.45) is 5.73 Å². The lowest BCUT2D eigenvalue weighted by Crippen LogP contribution is -2.54. The van der Waals surface area contributed by atoms with Crippen LogP contribution in [0.1, 0.15) is 24.0 Å². The first-order valence-corrected chi connectivity index (χ1v) is 5.42. The van der Waals surface area contributed by atoms with Crippen LogP contribution in [0.15, 0.2) is 24.3 Å². The standard InChI is InChI=1S/C12H12F3NO2/c13-12(14,15)8-3-1-7(2-4-8)11(10(17)18)5-9(16)6-11/h1-4,9H,5-6,16H2,(H,17,18). The number of carbonyl (C=O) groups is 1. The summed E-state index contributed by atoms with van der Waals surface area (Å²) in [6.45, 7) is 0. The minimum absolute atomic E-state index is 0.205. The van der Waals surface area contributed by atoms with E-state index in [4.69, 9.17) is 5.73 Å². The fourth-order valence-corrected chi connectivity index (χ4v) is 2.35. The molecule has 0 saturated heterocycles. The molecule has 0 aromatic heterocycles. The van der Waals surface area contributed by atoms with Gasteiger partial charge in [0.25, 0.3) is 0 Å². The Kier molecular flexibility index (Phi) is 2.85. The molecule has 0 atom stereocenters. The van der Waals surface area contributed by atoms with Crippen LogP contribution < -0.4 is 5.73 Å². The number of benzene rings is 1. The number of carboxylic acids is 1. The Morgan fingerprint density at radius 1 is 1.28 bits per heavy atom. The maximum absolute atomic E-state index is 12.4. The van der Waals surface area contributed by atoms with Crippen molar-refractivity contribution in [3.05, 3.63) is 35.4 Å². The van der Waals surface area contributed by atoms with Gasteiger partial charge in [0.1, 0.15) is 0 Å². The summed E-state index contributed by atoms with van der Waals surface area (Å²) in [5, 5.41) is 9.21. The van der Waals surface area contributed by atoms with Crippen molar-refractivity contribution in [2.45, 2.75) is 30.5 Å². The number of hydrogen-bond acceptors (Lipinski definition) is 2. The lowest BCUT2D eigenvalue weighted by atomic mass is 9.62. The molecule has 6 heteroatoms. The zero-order chi connectivity index (χ0) is 13.6. The minimum Gasteiger partial charge on any atom is -0.481 e. The van der Waals surface area contributed by atoms with Crippen molar-refractivity contribution in [1.82, 2.24) is 0 Å². The van der Waals surface area contributed by atoms with Gasteiger partial charge in [0.2, 0.25) is 0 Å². The maximum atomic E-state index is 12.4. The van der Waals surface area contributed by atoms with Crippen LogP contribution in [-0.4, -0.2) is 17.1 Å². The molecule has 0 unspecified atom stereocenters. The lowest BCUT2D eigenvalue weighted by molar-refractivity contribution is -0.148. The van der Waals surface area contributed by atoms with Gasteiger partial charge in [0.05, 0.1) is 11.0 Å². The van der Waals surface area contributed by atoms with E-state index in [1.165, 1.54) is 12.1 Å².